The molecule has 1 fully saturated rings. The minimum atomic E-state index is 0.839. The third kappa shape index (κ3) is 9.49. The summed E-state index contributed by atoms with van der Waals surface area (Å²) < 4.78 is 5.79. The molecule has 0 saturated heterocycles. The molecule has 1 nitrogen and oxygen atoms in total. The van der Waals surface area contributed by atoms with Gasteiger partial charge in [0.05, 0.1) is 6.61 Å². The van der Waals surface area contributed by atoms with Crippen LogP contribution in [0.3, 0.4) is 0 Å². The van der Waals surface area contributed by atoms with Crippen LogP contribution in [0.1, 0.15) is 96.5 Å². The Hall–Kier alpha value is -1.24. The normalized spacial score (nSPS) is 20.2. The lowest BCUT2D eigenvalue weighted by Gasteiger charge is -2.26. The zero-order valence-corrected chi connectivity index (χ0v) is 17.9. The largest absolute Gasteiger partial charge is 0.494 e. The van der Waals surface area contributed by atoms with Crippen LogP contribution in [0.4, 0.5) is 0 Å². The molecule has 1 heteroatoms. The molecule has 1 aromatic carbocycles. The number of hydrogen-bond donors (Lipinski definition) is 0. The fourth-order valence-corrected chi connectivity index (χ4v) is 4.19. The quantitative estimate of drug-likeness (QED) is 0.251. The first-order valence-corrected chi connectivity index (χ1v) is 11.7. The Kier molecular flexibility index (Phi) is 11.3. The van der Waals surface area contributed by atoms with Gasteiger partial charge in [-0.05, 0) is 74.5 Å². The highest BCUT2D eigenvalue weighted by molar-refractivity contribution is 5.27. The van der Waals surface area contributed by atoms with Crippen molar-refractivity contribution in [2.75, 3.05) is 6.61 Å². The van der Waals surface area contributed by atoms with Gasteiger partial charge in [0.15, 0.2) is 0 Å². The molecule has 1 aliphatic carbocycles. The molecule has 0 unspecified atom stereocenters. The van der Waals surface area contributed by atoms with Crippen molar-refractivity contribution in [3.63, 3.8) is 0 Å². The summed E-state index contributed by atoms with van der Waals surface area (Å²) in [5, 5.41) is 0. The molecule has 0 amide bonds. The topological polar surface area (TPSA) is 9.23 Å². The van der Waals surface area contributed by atoms with Gasteiger partial charge in [0, 0.05) is 0 Å². The Morgan fingerprint density at radius 1 is 0.889 bits per heavy atom. The molecule has 1 aromatic rings. The smallest absolute Gasteiger partial charge is 0.119 e. The molecule has 0 atom stereocenters. The summed E-state index contributed by atoms with van der Waals surface area (Å²) in [5.41, 5.74) is 1.42. The second-order valence-corrected chi connectivity index (χ2v) is 8.44. The van der Waals surface area contributed by atoms with Crippen molar-refractivity contribution in [1.82, 2.24) is 0 Å². The molecular weight excluding hydrogens is 328 g/mol. The molecule has 152 valence electrons. The van der Waals surface area contributed by atoms with Crippen LogP contribution in [0.25, 0.3) is 0 Å². The van der Waals surface area contributed by atoms with E-state index in [2.05, 4.69) is 50.3 Å². The summed E-state index contributed by atoms with van der Waals surface area (Å²) in [6, 6.07) is 8.71. The molecule has 0 heterocycles. The zero-order valence-electron chi connectivity index (χ0n) is 17.9. The van der Waals surface area contributed by atoms with Gasteiger partial charge in [-0.15, -0.1) is 0 Å². The molecule has 0 aliphatic heterocycles. The third-order valence-electron chi connectivity index (χ3n) is 6.06. The van der Waals surface area contributed by atoms with Crippen molar-refractivity contribution < 1.29 is 4.74 Å². The minimum absolute atomic E-state index is 0.839. The van der Waals surface area contributed by atoms with Crippen molar-refractivity contribution in [1.29, 1.82) is 0 Å². The van der Waals surface area contributed by atoms with E-state index < -0.39 is 0 Å². The van der Waals surface area contributed by atoms with Crippen LogP contribution in [0.5, 0.6) is 5.75 Å². The van der Waals surface area contributed by atoms with Gasteiger partial charge >= 0.3 is 0 Å². The van der Waals surface area contributed by atoms with Crippen LogP contribution in [0.15, 0.2) is 36.4 Å². The second kappa shape index (κ2) is 13.9. The highest BCUT2D eigenvalue weighted by Crippen LogP contribution is 2.32. The monoisotopic (exact) mass is 370 g/mol. The van der Waals surface area contributed by atoms with Crippen LogP contribution in [-0.2, 0) is 6.42 Å². The Labute approximate surface area is 168 Å². The predicted molar refractivity (Wildman–Crippen MR) is 119 cm³/mol. The van der Waals surface area contributed by atoms with E-state index in [1.807, 2.05) is 0 Å². The first-order chi connectivity index (χ1) is 13.3. The highest BCUT2D eigenvalue weighted by Gasteiger charge is 2.18. The maximum Gasteiger partial charge on any atom is 0.119 e. The molecule has 1 aliphatic rings. The predicted octanol–water partition coefficient (Wildman–Crippen LogP) is 8.13. The average molecular weight is 371 g/mol. The maximum absolute atomic E-state index is 5.79. The molecule has 2 rings (SSSR count). The van der Waals surface area contributed by atoms with Crippen molar-refractivity contribution in [3.05, 3.63) is 42.0 Å². The summed E-state index contributed by atoms with van der Waals surface area (Å²) in [6.45, 7) is 5.37. The molecule has 0 spiro atoms. The fraction of sp³-hybridized carbons (Fsp3) is 0.692. The van der Waals surface area contributed by atoms with Gasteiger partial charge in [-0.2, -0.15) is 0 Å². The lowest BCUT2D eigenvalue weighted by Crippen LogP contribution is -2.13. The minimum Gasteiger partial charge on any atom is -0.494 e. The van der Waals surface area contributed by atoms with E-state index in [9.17, 15) is 0 Å². The van der Waals surface area contributed by atoms with Gasteiger partial charge in [-0.3, -0.25) is 0 Å². The van der Waals surface area contributed by atoms with Crippen molar-refractivity contribution >= 4 is 0 Å². The zero-order chi connectivity index (χ0) is 19.2. The van der Waals surface area contributed by atoms with E-state index in [0.29, 0.717) is 0 Å². The van der Waals surface area contributed by atoms with E-state index in [1.165, 1.54) is 69.8 Å². The third-order valence-corrected chi connectivity index (χ3v) is 6.06. The standard InChI is InChI=1S/C26H42O/c1-3-5-7-11-23-14-16-24(17-15-23)12-8-9-13-25-18-20-26(21-19-25)27-22-10-6-4-2/h8,12,18-21,23-24H,3-7,9-11,13-17,22H2,1-2H3/b12-8+/t23-,24-. The van der Waals surface area contributed by atoms with Gasteiger partial charge in [0.1, 0.15) is 5.75 Å². The van der Waals surface area contributed by atoms with E-state index in [1.54, 1.807) is 0 Å². The van der Waals surface area contributed by atoms with Gasteiger partial charge < -0.3 is 4.74 Å². The van der Waals surface area contributed by atoms with Crippen LogP contribution in [0.2, 0.25) is 0 Å². The summed E-state index contributed by atoms with van der Waals surface area (Å²) in [7, 11) is 0. The summed E-state index contributed by atoms with van der Waals surface area (Å²) >= 11 is 0. The number of ether oxygens (including phenoxy) is 1. The molecule has 0 radical (unpaired) electrons. The first-order valence-electron chi connectivity index (χ1n) is 11.7. The Morgan fingerprint density at radius 3 is 2.30 bits per heavy atom. The first kappa shape index (κ1) is 22.1. The maximum atomic E-state index is 5.79. The Morgan fingerprint density at radius 2 is 1.59 bits per heavy atom. The number of benzene rings is 1. The Balaban J connectivity index is 1.58. The lowest BCUT2D eigenvalue weighted by atomic mass is 9.79. The molecule has 1 saturated carbocycles. The average Bonchev–Trinajstić information content (AvgIpc) is 2.71. The van der Waals surface area contributed by atoms with Crippen molar-refractivity contribution in [3.8, 4) is 5.75 Å². The van der Waals surface area contributed by atoms with E-state index in [4.69, 9.17) is 4.74 Å². The molecule has 0 N–H and O–H groups in total. The number of rotatable bonds is 13. The van der Waals surface area contributed by atoms with Crippen molar-refractivity contribution in [2.24, 2.45) is 11.8 Å². The van der Waals surface area contributed by atoms with Crippen LogP contribution < -0.4 is 4.74 Å². The van der Waals surface area contributed by atoms with Gasteiger partial charge in [0.25, 0.3) is 0 Å². The SMILES string of the molecule is CCCCCOc1ccc(CC/C=C/[C@H]2CC[C@H](CCCCC)CC2)cc1. The molecule has 27 heavy (non-hydrogen) atoms. The summed E-state index contributed by atoms with van der Waals surface area (Å²) in [6.07, 6.45) is 22.3. The number of hydrogen-bond acceptors (Lipinski definition) is 1. The molecular formula is C26H42O. The number of allylic oxidation sites excluding steroid dienone is 2. The number of unbranched alkanes of at least 4 members (excludes halogenated alkanes) is 4. The second-order valence-electron chi connectivity index (χ2n) is 8.44. The lowest BCUT2D eigenvalue weighted by molar-refractivity contribution is 0.289. The van der Waals surface area contributed by atoms with E-state index in [0.717, 1.165) is 43.5 Å². The summed E-state index contributed by atoms with van der Waals surface area (Å²) in [5.74, 6) is 2.87. The highest BCUT2D eigenvalue weighted by atomic mass is 16.5. The van der Waals surface area contributed by atoms with Crippen LogP contribution in [0, 0.1) is 11.8 Å². The molecule has 0 bridgehead atoms. The van der Waals surface area contributed by atoms with Gasteiger partial charge in [-0.25, -0.2) is 0 Å². The number of aryl methyl sites for hydroxylation is 1. The summed E-state index contributed by atoms with van der Waals surface area (Å²) in [4.78, 5) is 0. The fourth-order valence-electron chi connectivity index (χ4n) is 4.19. The van der Waals surface area contributed by atoms with Gasteiger partial charge in [-0.1, -0.05) is 76.7 Å². The van der Waals surface area contributed by atoms with Crippen LogP contribution >= 0.6 is 0 Å². The molecule has 0 aromatic heterocycles. The van der Waals surface area contributed by atoms with Crippen molar-refractivity contribution in [2.45, 2.75) is 97.3 Å². The van der Waals surface area contributed by atoms with Crippen LogP contribution in [-0.4, -0.2) is 6.61 Å². The van der Waals surface area contributed by atoms with E-state index >= 15 is 0 Å². The van der Waals surface area contributed by atoms with Gasteiger partial charge in [0.2, 0.25) is 0 Å². The van der Waals surface area contributed by atoms with E-state index in [-0.39, 0.29) is 0 Å². The Bertz CT molecular complexity index is 493.